The molecule has 0 radical (unpaired) electrons. The van der Waals surface area contributed by atoms with Crippen molar-refractivity contribution in [3.8, 4) is 0 Å². The van der Waals surface area contributed by atoms with Gasteiger partial charge in [0.15, 0.2) is 0 Å². The fourth-order valence-electron chi connectivity index (χ4n) is 2.92. The first kappa shape index (κ1) is 15.4. The molecule has 1 heterocycles. The molecule has 3 N–H and O–H groups in total. The molecular weight excluding hydrogens is 255 g/mol. The third kappa shape index (κ3) is 4.27. The number of benzene rings is 1. The van der Waals surface area contributed by atoms with E-state index in [1.807, 2.05) is 0 Å². The molecule has 20 heavy (non-hydrogen) atoms. The summed E-state index contributed by atoms with van der Waals surface area (Å²) in [6, 6.07) is 6.63. The maximum Gasteiger partial charge on any atom is 0.123 e. The minimum absolute atomic E-state index is 0.0711. The van der Waals surface area contributed by atoms with E-state index in [1.54, 1.807) is 12.1 Å². The second kappa shape index (κ2) is 7.72. The van der Waals surface area contributed by atoms with Crippen LogP contribution in [0.2, 0.25) is 0 Å². The Hall–Kier alpha value is -0.970. The SMILES string of the molecule is NC(CCN1CCCCCC1CO)c1ccc(F)cc1. The van der Waals surface area contributed by atoms with E-state index in [1.165, 1.54) is 31.4 Å². The molecule has 1 aliphatic rings. The van der Waals surface area contributed by atoms with Crippen molar-refractivity contribution in [1.82, 2.24) is 4.90 Å². The summed E-state index contributed by atoms with van der Waals surface area (Å²) in [7, 11) is 0. The Balaban J connectivity index is 1.87. The molecule has 1 aromatic carbocycles. The summed E-state index contributed by atoms with van der Waals surface area (Å²) in [6.07, 6.45) is 5.55. The first-order valence-electron chi connectivity index (χ1n) is 7.56. The minimum atomic E-state index is -0.228. The van der Waals surface area contributed by atoms with Gasteiger partial charge in [0.05, 0.1) is 6.61 Å². The average molecular weight is 280 g/mol. The largest absolute Gasteiger partial charge is 0.395 e. The predicted octanol–water partition coefficient (Wildman–Crippen LogP) is 2.45. The van der Waals surface area contributed by atoms with Crippen molar-refractivity contribution in [3.05, 3.63) is 35.6 Å². The van der Waals surface area contributed by atoms with Gasteiger partial charge in [0.2, 0.25) is 0 Å². The summed E-state index contributed by atoms with van der Waals surface area (Å²) in [6.45, 7) is 2.16. The summed E-state index contributed by atoms with van der Waals surface area (Å²) in [4.78, 5) is 2.36. The van der Waals surface area contributed by atoms with Gasteiger partial charge in [-0.25, -0.2) is 4.39 Å². The van der Waals surface area contributed by atoms with Crippen LogP contribution in [-0.2, 0) is 0 Å². The van der Waals surface area contributed by atoms with Crippen LogP contribution in [0.1, 0.15) is 43.7 Å². The number of halogens is 1. The zero-order chi connectivity index (χ0) is 14.4. The molecule has 0 bridgehead atoms. The zero-order valence-corrected chi connectivity index (χ0v) is 12.0. The first-order valence-corrected chi connectivity index (χ1v) is 7.56. The highest BCUT2D eigenvalue weighted by atomic mass is 19.1. The Bertz CT molecular complexity index is 396. The molecule has 1 aromatic rings. The van der Waals surface area contributed by atoms with Crippen molar-refractivity contribution in [3.63, 3.8) is 0 Å². The molecule has 0 aromatic heterocycles. The van der Waals surface area contributed by atoms with E-state index in [4.69, 9.17) is 5.73 Å². The van der Waals surface area contributed by atoms with Gasteiger partial charge in [-0.3, -0.25) is 4.90 Å². The number of rotatable bonds is 5. The van der Waals surface area contributed by atoms with E-state index >= 15 is 0 Å². The highest BCUT2D eigenvalue weighted by Crippen LogP contribution is 2.20. The van der Waals surface area contributed by atoms with Crippen LogP contribution >= 0.6 is 0 Å². The fourth-order valence-corrected chi connectivity index (χ4v) is 2.92. The van der Waals surface area contributed by atoms with Crippen molar-refractivity contribution in [2.75, 3.05) is 19.7 Å². The lowest BCUT2D eigenvalue weighted by Gasteiger charge is -2.29. The molecule has 0 saturated carbocycles. The number of nitrogens with zero attached hydrogens (tertiary/aromatic N) is 1. The second-order valence-corrected chi connectivity index (χ2v) is 5.67. The second-order valence-electron chi connectivity index (χ2n) is 5.67. The van der Waals surface area contributed by atoms with Crippen molar-refractivity contribution in [2.45, 2.75) is 44.2 Å². The van der Waals surface area contributed by atoms with Gasteiger partial charge >= 0.3 is 0 Å². The predicted molar refractivity (Wildman–Crippen MR) is 78.9 cm³/mol. The van der Waals surface area contributed by atoms with Crippen LogP contribution < -0.4 is 5.73 Å². The van der Waals surface area contributed by atoms with Crippen LogP contribution in [0.25, 0.3) is 0 Å². The molecule has 0 aliphatic carbocycles. The number of aliphatic hydroxyl groups excluding tert-OH is 1. The first-order chi connectivity index (χ1) is 9.70. The van der Waals surface area contributed by atoms with Crippen molar-refractivity contribution >= 4 is 0 Å². The van der Waals surface area contributed by atoms with E-state index in [0.717, 1.165) is 31.5 Å². The maximum absolute atomic E-state index is 12.9. The molecule has 1 fully saturated rings. The average Bonchev–Trinajstić information content (AvgIpc) is 2.70. The number of aliphatic hydroxyl groups is 1. The lowest BCUT2D eigenvalue weighted by atomic mass is 10.0. The van der Waals surface area contributed by atoms with Gasteiger partial charge in [0.1, 0.15) is 5.82 Å². The molecular formula is C16H25FN2O. The fraction of sp³-hybridized carbons (Fsp3) is 0.625. The lowest BCUT2D eigenvalue weighted by Crippen LogP contribution is -2.39. The van der Waals surface area contributed by atoms with Gasteiger partial charge < -0.3 is 10.8 Å². The van der Waals surface area contributed by atoms with Gasteiger partial charge in [-0.15, -0.1) is 0 Å². The normalized spacial score (nSPS) is 22.4. The van der Waals surface area contributed by atoms with Crippen LogP contribution in [0, 0.1) is 5.82 Å². The molecule has 3 nitrogen and oxygen atoms in total. The third-order valence-corrected chi connectivity index (χ3v) is 4.24. The Kier molecular flexibility index (Phi) is 5.95. The van der Waals surface area contributed by atoms with Gasteiger partial charge in [-0.2, -0.15) is 0 Å². The number of likely N-dealkylation sites (tertiary alicyclic amines) is 1. The third-order valence-electron chi connectivity index (χ3n) is 4.24. The van der Waals surface area contributed by atoms with Gasteiger partial charge in [0, 0.05) is 18.6 Å². The molecule has 112 valence electrons. The summed E-state index contributed by atoms with van der Waals surface area (Å²) in [5, 5.41) is 9.48. The van der Waals surface area contributed by atoms with E-state index in [-0.39, 0.29) is 24.5 Å². The van der Waals surface area contributed by atoms with Crippen molar-refractivity contribution in [1.29, 1.82) is 0 Å². The Morgan fingerprint density at radius 1 is 1.25 bits per heavy atom. The van der Waals surface area contributed by atoms with Crippen LogP contribution in [0.15, 0.2) is 24.3 Å². The van der Waals surface area contributed by atoms with E-state index < -0.39 is 0 Å². The molecule has 4 heteroatoms. The molecule has 2 unspecified atom stereocenters. The van der Waals surface area contributed by atoms with E-state index in [2.05, 4.69) is 4.90 Å². The lowest BCUT2D eigenvalue weighted by molar-refractivity contribution is 0.121. The topological polar surface area (TPSA) is 49.5 Å². The quantitative estimate of drug-likeness (QED) is 0.871. The standard InChI is InChI=1S/C16H25FN2O/c17-14-7-5-13(6-8-14)16(18)9-11-19-10-3-1-2-4-15(19)12-20/h5-8,15-16,20H,1-4,9-12,18H2. The van der Waals surface area contributed by atoms with E-state index in [0.29, 0.717) is 0 Å². The molecule has 1 aliphatic heterocycles. The number of hydrogen-bond donors (Lipinski definition) is 2. The maximum atomic E-state index is 12.9. The Morgan fingerprint density at radius 3 is 2.70 bits per heavy atom. The zero-order valence-electron chi connectivity index (χ0n) is 12.0. The van der Waals surface area contributed by atoms with Crippen LogP contribution in [-0.4, -0.2) is 35.7 Å². The molecule has 0 spiro atoms. The highest BCUT2D eigenvalue weighted by Gasteiger charge is 2.20. The smallest absolute Gasteiger partial charge is 0.123 e. The molecule has 2 rings (SSSR count). The molecule has 2 atom stereocenters. The van der Waals surface area contributed by atoms with Crippen LogP contribution in [0.3, 0.4) is 0 Å². The van der Waals surface area contributed by atoms with E-state index in [9.17, 15) is 9.50 Å². The minimum Gasteiger partial charge on any atom is -0.395 e. The van der Waals surface area contributed by atoms with Crippen molar-refractivity contribution in [2.24, 2.45) is 5.73 Å². The number of hydrogen-bond acceptors (Lipinski definition) is 3. The van der Waals surface area contributed by atoms with Crippen LogP contribution in [0.4, 0.5) is 4.39 Å². The highest BCUT2D eigenvalue weighted by molar-refractivity contribution is 5.19. The molecule has 1 saturated heterocycles. The van der Waals surface area contributed by atoms with Crippen molar-refractivity contribution < 1.29 is 9.50 Å². The monoisotopic (exact) mass is 280 g/mol. The summed E-state index contributed by atoms with van der Waals surface area (Å²) in [5.41, 5.74) is 7.15. The van der Waals surface area contributed by atoms with Gasteiger partial charge in [-0.05, 0) is 43.5 Å². The Morgan fingerprint density at radius 2 is 2.00 bits per heavy atom. The summed E-state index contributed by atoms with van der Waals surface area (Å²) in [5.74, 6) is -0.228. The summed E-state index contributed by atoms with van der Waals surface area (Å²) >= 11 is 0. The summed E-state index contributed by atoms with van der Waals surface area (Å²) < 4.78 is 12.9. The van der Waals surface area contributed by atoms with Crippen LogP contribution in [0.5, 0.6) is 0 Å². The number of nitrogens with two attached hydrogens (primary N) is 1. The Labute approximate surface area is 120 Å². The molecule has 0 amide bonds. The van der Waals surface area contributed by atoms with Gasteiger partial charge in [0.25, 0.3) is 0 Å². The van der Waals surface area contributed by atoms with Gasteiger partial charge in [-0.1, -0.05) is 25.0 Å².